The van der Waals surface area contributed by atoms with Crippen molar-refractivity contribution in [3.63, 3.8) is 0 Å². The van der Waals surface area contributed by atoms with Crippen LogP contribution in [0.1, 0.15) is 24.1 Å². The van der Waals surface area contributed by atoms with Gasteiger partial charge in [-0.05, 0) is 49.4 Å². The Bertz CT molecular complexity index is 1850. The van der Waals surface area contributed by atoms with Crippen molar-refractivity contribution in [2.45, 2.75) is 25.7 Å². The van der Waals surface area contributed by atoms with E-state index in [0.717, 1.165) is 45.9 Å². The summed E-state index contributed by atoms with van der Waals surface area (Å²) in [6.45, 7) is 0. The van der Waals surface area contributed by atoms with Crippen molar-refractivity contribution in [1.29, 1.82) is 0 Å². The van der Waals surface area contributed by atoms with Crippen LogP contribution < -0.4 is 27.3 Å². The van der Waals surface area contributed by atoms with Crippen LogP contribution in [0.25, 0.3) is 44.1 Å². The number of aromatic nitrogens is 2. The van der Waals surface area contributed by atoms with Gasteiger partial charge in [-0.3, -0.25) is 0 Å². The standard InChI is InChI=1S/C30H19B5N2/c31-23-24(32)26(34)30(27(35)25(23)33)37-22-13-7-5-11-18(22)20-15-14-19-17-10-4-6-12-21(17)36(28(19)29(20)37)16-8-2-1-3-9-16/h1-3,5,7-9,11,13-15H,4,6,10,12H2. The molecular formula is C30H19B5N2. The first-order valence-corrected chi connectivity index (χ1v) is 12.6. The van der Waals surface area contributed by atoms with Gasteiger partial charge < -0.3 is 9.13 Å². The molecule has 7 heteroatoms. The fraction of sp³-hybridized carbons (Fsp3) is 0.133. The van der Waals surface area contributed by atoms with Gasteiger partial charge >= 0.3 is 0 Å². The Labute approximate surface area is 223 Å². The van der Waals surface area contributed by atoms with Gasteiger partial charge in [0.15, 0.2) is 0 Å². The molecule has 1 aliphatic rings. The Morgan fingerprint density at radius 2 is 1.11 bits per heavy atom. The van der Waals surface area contributed by atoms with Gasteiger partial charge in [0.1, 0.15) is 39.2 Å². The number of fused-ring (bicyclic) bond motifs is 7. The van der Waals surface area contributed by atoms with Crippen molar-refractivity contribution in [2.24, 2.45) is 0 Å². The van der Waals surface area contributed by atoms with E-state index in [9.17, 15) is 0 Å². The number of nitrogens with zero attached hydrogens (tertiary/aromatic N) is 2. The van der Waals surface area contributed by atoms with Gasteiger partial charge in [-0.1, -0.05) is 59.5 Å². The highest BCUT2D eigenvalue weighted by atomic mass is 15.1. The van der Waals surface area contributed by atoms with Gasteiger partial charge in [-0.25, -0.2) is 0 Å². The lowest BCUT2D eigenvalue weighted by Gasteiger charge is -2.23. The van der Waals surface area contributed by atoms with Crippen molar-refractivity contribution in [1.82, 2.24) is 9.13 Å². The minimum atomic E-state index is 0.216. The van der Waals surface area contributed by atoms with Crippen LogP contribution in [0.4, 0.5) is 0 Å². The van der Waals surface area contributed by atoms with E-state index in [1.807, 2.05) is 6.07 Å². The highest BCUT2D eigenvalue weighted by Gasteiger charge is 2.26. The largest absolute Gasteiger partial charge is 0.311 e. The summed E-state index contributed by atoms with van der Waals surface area (Å²) in [5, 5.41) is 3.47. The zero-order valence-corrected chi connectivity index (χ0v) is 20.5. The minimum absolute atomic E-state index is 0.216. The first-order chi connectivity index (χ1) is 18.0. The smallest absolute Gasteiger partial charge is 0.115 e. The van der Waals surface area contributed by atoms with Crippen LogP contribution in [0.3, 0.4) is 0 Å². The first-order valence-electron chi connectivity index (χ1n) is 12.6. The van der Waals surface area contributed by atoms with Crippen LogP contribution in [0, 0.1) is 0 Å². The molecule has 10 radical (unpaired) electrons. The van der Waals surface area contributed by atoms with Crippen LogP contribution in [-0.4, -0.2) is 48.4 Å². The number of rotatable bonds is 2. The summed E-state index contributed by atoms with van der Waals surface area (Å²) in [5.74, 6) is 0. The monoisotopic (exact) mass is 462 g/mol. The fourth-order valence-corrected chi connectivity index (χ4v) is 6.24. The Hall–Kier alpha value is -3.46. The van der Waals surface area contributed by atoms with Crippen LogP contribution in [0.15, 0.2) is 66.7 Å². The molecule has 37 heavy (non-hydrogen) atoms. The second-order valence-electron chi connectivity index (χ2n) is 9.93. The van der Waals surface area contributed by atoms with E-state index in [2.05, 4.69) is 69.8 Å². The van der Waals surface area contributed by atoms with Crippen LogP contribution in [0.5, 0.6) is 0 Å². The van der Waals surface area contributed by atoms with E-state index in [0.29, 0.717) is 16.6 Å². The topological polar surface area (TPSA) is 9.86 Å². The molecule has 0 amide bonds. The quantitative estimate of drug-likeness (QED) is 0.347. The van der Waals surface area contributed by atoms with Crippen LogP contribution in [-0.2, 0) is 12.8 Å². The molecule has 0 bridgehead atoms. The Morgan fingerprint density at radius 3 is 1.86 bits per heavy atom. The first kappa shape index (κ1) is 22.7. The predicted octanol–water partition coefficient (Wildman–Crippen LogP) is 1.58. The summed E-state index contributed by atoms with van der Waals surface area (Å²) in [6, 6.07) is 23.3. The lowest BCUT2D eigenvalue weighted by atomic mass is 9.61. The molecule has 0 N–H and O–H groups in total. The summed E-state index contributed by atoms with van der Waals surface area (Å²) < 4.78 is 4.56. The second kappa shape index (κ2) is 8.28. The van der Waals surface area contributed by atoms with E-state index >= 15 is 0 Å². The third-order valence-corrected chi connectivity index (χ3v) is 7.98. The van der Waals surface area contributed by atoms with Gasteiger partial charge in [0.2, 0.25) is 0 Å². The number of hydrogen-bond donors (Lipinski definition) is 0. The van der Waals surface area contributed by atoms with Crippen LogP contribution >= 0.6 is 0 Å². The minimum Gasteiger partial charge on any atom is -0.311 e. The Kier molecular flexibility index (Phi) is 5.08. The third kappa shape index (κ3) is 3.06. The van der Waals surface area contributed by atoms with Crippen molar-refractivity contribution >= 4 is 99.3 Å². The van der Waals surface area contributed by atoms with Crippen molar-refractivity contribution in [2.75, 3.05) is 0 Å². The molecule has 0 unspecified atom stereocenters. The predicted molar refractivity (Wildman–Crippen MR) is 161 cm³/mol. The van der Waals surface area contributed by atoms with E-state index in [1.54, 1.807) is 0 Å². The Balaban J connectivity index is 1.77. The van der Waals surface area contributed by atoms with Gasteiger partial charge in [-0.15, -0.1) is 16.4 Å². The molecule has 164 valence electrons. The zero-order chi connectivity index (χ0) is 25.4. The molecule has 0 spiro atoms. The van der Waals surface area contributed by atoms with Crippen molar-refractivity contribution in [3.8, 4) is 11.4 Å². The fourth-order valence-electron chi connectivity index (χ4n) is 6.24. The number of aryl methyl sites for hydroxylation is 1. The third-order valence-electron chi connectivity index (χ3n) is 7.98. The molecule has 0 aliphatic heterocycles. The molecule has 2 heterocycles. The molecule has 4 aromatic carbocycles. The second-order valence-corrected chi connectivity index (χ2v) is 9.93. The SMILES string of the molecule is [B]c1c([B])c([B])c(-n2c3ccccc3c3ccc4c5c(n(-c6ccccc6)c4c32)CCCC5)c([B])c1[B]. The van der Waals surface area contributed by atoms with E-state index in [-0.39, 0.29) is 16.4 Å². The molecule has 0 saturated heterocycles. The molecule has 7 rings (SSSR count). The summed E-state index contributed by atoms with van der Waals surface area (Å²) in [7, 11) is 32.2. The van der Waals surface area contributed by atoms with E-state index in [1.165, 1.54) is 29.5 Å². The number of hydrogen-bond acceptors (Lipinski definition) is 0. The van der Waals surface area contributed by atoms with Crippen LogP contribution in [0.2, 0.25) is 0 Å². The molecule has 0 saturated carbocycles. The molecule has 6 aromatic rings. The lowest BCUT2D eigenvalue weighted by molar-refractivity contribution is 0.667. The van der Waals surface area contributed by atoms with Crippen molar-refractivity contribution in [3.05, 3.63) is 78.0 Å². The van der Waals surface area contributed by atoms with Gasteiger partial charge in [0, 0.05) is 33.2 Å². The van der Waals surface area contributed by atoms with Crippen molar-refractivity contribution < 1.29 is 0 Å². The average Bonchev–Trinajstić information content (AvgIpc) is 3.45. The summed E-state index contributed by atoms with van der Waals surface area (Å²) >= 11 is 0. The highest BCUT2D eigenvalue weighted by Crippen LogP contribution is 2.42. The average molecular weight is 462 g/mol. The molecule has 2 nitrogen and oxygen atoms in total. The maximum Gasteiger partial charge on any atom is 0.115 e. The maximum absolute atomic E-state index is 6.65. The molecule has 0 atom stereocenters. The van der Waals surface area contributed by atoms with E-state index in [4.69, 9.17) is 39.2 Å². The number of benzene rings is 4. The molecule has 2 aromatic heterocycles. The van der Waals surface area contributed by atoms with Gasteiger partial charge in [0.25, 0.3) is 0 Å². The number of para-hydroxylation sites is 2. The zero-order valence-electron chi connectivity index (χ0n) is 20.5. The highest BCUT2D eigenvalue weighted by molar-refractivity contribution is 6.68. The Morgan fingerprint density at radius 1 is 0.514 bits per heavy atom. The maximum atomic E-state index is 6.65. The van der Waals surface area contributed by atoms with E-state index < -0.39 is 0 Å². The normalized spacial score (nSPS) is 13.5. The lowest BCUT2D eigenvalue weighted by Crippen LogP contribution is -2.56. The summed E-state index contributed by atoms with van der Waals surface area (Å²) in [6.07, 6.45) is 4.45. The van der Waals surface area contributed by atoms with Gasteiger partial charge in [0.05, 0.1) is 16.6 Å². The van der Waals surface area contributed by atoms with Gasteiger partial charge in [-0.2, -0.15) is 0 Å². The summed E-state index contributed by atoms with van der Waals surface area (Å²) in [4.78, 5) is 0. The molecule has 0 fully saturated rings. The summed E-state index contributed by atoms with van der Waals surface area (Å²) in [5.41, 5.74) is 9.00. The molecule has 1 aliphatic carbocycles. The molecular weight excluding hydrogens is 442 g/mol.